The number of benzene rings is 21. The summed E-state index contributed by atoms with van der Waals surface area (Å²) < 4.78 is 31.9. The van der Waals surface area contributed by atoms with Gasteiger partial charge in [0.15, 0.2) is 0 Å². The maximum absolute atomic E-state index is 6.34. The van der Waals surface area contributed by atoms with Crippen molar-refractivity contribution in [2.45, 2.75) is 0 Å². The normalized spacial score (nSPS) is 12.0. The Morgan fingerprint density at radius 2 is 0.342 bits per heavy atom. The summed E-state index contributed by atoms with van der Waals surface area (Å²) in [6.45, 7) is 0. The maximum Gasteiger partial charge on any atom is 0.246 e. The van der Waals surface area contributed by atoms with Gasteiger partial charge in [0.1, 0.15) is 33.3 Å². The Bertz CT molecular complexity index is 11100. The van der Waals surface area contributed by atoms with Crippen molar-refractivity contribution in [2.75, 3.05) is 0 Å². The molecule has 0 aliphatic rings. The van der Waals surface area contributed by atoms with E-state index < -0.39 is 0 Å². The summed E-state index contributed by atoms with van der Waals surface area (Å²) in [4.78, 5) is 29.8. The number of furan rings is 3. The molecule has 0 aliphatic heterocycles. The molecule has 0 saturated carbocycles. The van der Waals surface area contributed by atoms with Crippen LogP contribution >= 0.6 is 56.7 Å². The summed E-state index contributed by atoms with van der Waals surface area (Å²) in [7, 11) is 0. The Kier molecular flexibility index (Phi) is 19.5. The van der Waals surface area contributed by atoms with Crippen molar-refractivity contribution in [3.05, 3.63) is 449 Å². The summed E-state index contributed by atoms with van der Waals surface area (Å²) in [5.74, 6) is 0. The highest BCUT2D eigenvalue weighted by Crippen LogP contribution is 2.50. The van der Waals surface area contributed by atoms with Gasteiger partial charge in [0.05, 0.1) is 33.1 Å². The van der Waals surface area contributed by atoms with Crippen LogP contribution in [-0.4, -0.2) is 29.9 Å². The summed E-state index contributed by atoms with van der Waals surface area (Å²) in [5.41, 5.74) is 35.0. The van der Waals surface area contributed by atoms with Gasteiger partial charge >= 0.3 is 0 Å². The number of fused-ring (bicyclic) bond motifs is 27. The van der Waals surface area contributed by atoms with Gasteiger partial charge in [-0.15, -0.1) is 56.7 Å². The molecule has 11 aromatic heterocycles. The highest BCUT2D eigenvalue weighted by molar-refractivity contribution is 7.28. The van der Waals surface area contributed by atoms with Crippen LogP contribution in [0.2, 0.25) is 0 Å². The van der Waals surface area contributed by atoms with E-state index in [4.69, 9.17) is 38.2 Å². The zero-order valence-electron chi connectivity index (χ0n) is 77.7. The third kappa shape index (κ3) is 14.2. The van der Waals surface area contributed by atoms with Gasteiger partial charge in [-0.05, 0) is 245 Å². The Hall–Kier alpha value is -17.9. The first-order chi connectivity index (χ1) is 72.2. The van der Waals surface area contributed by atoms with Gasteiger partial charge < -0.3 is 13.3 Å². The first-order valence-corrected chi connectivity index (χ1v) is 52.8. The SMILES string of the molecule is c1cc(-c2ccc3nc4c(nc3c2)oc2ccc(-c3cccc(-c5cccc6c5sc5ccccc56)c3)cc24)cc(-c2cccc3c2sc2ccccc23)c1.c1cc(-c2ccc3nc4oc5ccc(-c6cccc(-c7cccc8c7sc7ccccc78)c6)cc5c4nc3c2)cc(-c2cccc3c2sc2ccccc23)c1.c1cc(-c2ccc3oc4nc5ccccc5nc4c3c2)cc(-c2cccc3c2sc2ccccc23)c1. The predicted molar refractivity (Wildman–Crippen MR) is 619 cm³/mol. The van der Waals surface area contributed by atoms with E-state index in [0.717, 1.165) is 138 Å². The first kappa shape index (κ1) is 83.9. The number of rotatable bonds is 10. The third-order valence-electron chi connectivity index (χ3n) is 28.7. The summed E-state index contributed by atoms with van der Waals surface area (Å²) in [6, 6.07) is 160. The largest absolute Gasteiger partial charge is 0.436 e. The molecule has 0 amide bonds. The Morgan fingerprint density at radius 1 is 0.137 bits per heavy atom. The number of aromatic nitrogens is 6. The van der Waals surface area contributed by atoms with Gasteiger partial charge in [0.2, 0.25) is 17.1 Å². The Labute approximate surface area is 853 Å². The van der Waals surface area contributed by atoms with E-state index in [1.165, 1.54) is 156 Å². The molecular weight excluding hydrogens is 1880 g/mol. The van der Waals surface area contributed by atoms with Gasteiger partial charge in [-0.1, -0.05) is 315 Å². The summed E-state index contributed by atoms with van der Waals surface area (Å²) >= 11 is 9.31. The van der Waals surface area contributed by atoms with Crippen LogP contribution in [-0.2, 0) is 0 Å². The second-order valence-electron chi connectivity index (χ2n) is 37.3. The summed E-state index contributed by atoms with van der Waals surface area (Å²) in [6.07, 6.45) is 0. The Balaban J connectivity index is 0.000000104. The van der Waals surface area contributed by atoms with Crippen LogP contribution in [0.25, 0.3) is 312 Å². The quantitative estimate of drug-likeness (QED) is 0.132. The lowest BCUT2D eigenvalue weighted by Crippen LogP contribution is -1.87. The lowest BCUT2D eigenvalue weighted by atomic mass is 9.97. The molecule has 0 radical (unpaired) electrons. The minimum absolute atomic E-state index is 0.548. The number of thiophene rings is 5. The molecule has 146 heavy (non-hydrogen) atoms. The zero-order valence-corrected chi connectivity index (χ0v) is 81.8. The molecule has 0 spiro atoms. The van der Waals surface area contributed by atoms with Crippen LogP contribution in [0, 0.1) is 0 Å². The minimum atomic E-state index is 0.548. The highest BCUT2D eigenvalue weighted by Gasteiger charge is 2.24. The fourth-order valence-corrected chi connectivity index (χ4v) is 27.8. The fourth-order valence-electron chi connectivity index (χ4n) is 21.6. The molecule has 0 bridgehead atoms. The number of hydrogen-bond donors (Lipinski definition) is 0. The van der Waals surface area contributed by atoms with E-state index in [1.807, 2.05) is 99.1 Å². The van der Waals surface area contributed by atoms with Crippen molar-refractivity contribution in [3.8, 4) is 111 Å². The Morgan fingerprint density at radius 3 is 0.644 bits per heavy atom. The molecule has 14 heteroatoms. The molecule has 32 rings (SSSR count). The molecule has 21 aromatic carbocycles. The molecule has 0 aliphatic carbocycles. The number of nitrogens with zero attached hydrogens (tertiary/aromatic N) is 6. The first-order valence-electron chi connectivity index (χ1n) is 48.7. The molecule has 32 aromatic rings. The van der Waals surface area contributed by atoms with Gasteiger partial charge in [0, 0.05) is 117 Å². The van der Waals surface area contributed by atoms with Gasteiger partial charge in [-0.2, -0.15) is 0 Å². The smallest absolute Gasteiger partial charge is 0.246 e. The van der Waals surface area contributed by atoms with Gasteiger partial charge in [-0.3, -0.25) is 0 Å². The van der Waals surface area contributed by atoms with E-state index in [2.05, 4.69) is 411 Å². The topological polar surface area (TPSA) is 117 Å². The second-order valence-corrected chi connectivity index (χ2v) is 42.5. The van der Waals surface area contributed by atoms with Crippen molar-refractivity contribution in [1.29, 1.82) is 0 Å². The summed E-state index contributed by atoms with van der Waals surface area (Å²) in [5, 5.41) is 16.0. The van der Waals surface area contributed by atoms with E-state index >= 15 is 0 Å². The standard InChI is InChI=1S/2C50H28N2OS2.C32H18N2OS/c1-3-19-45-37(13-1)39-17-7-15-35(48(39)54-45)33-11-5-9-29(25-33)31-22-24-44-41(27-31)47-50(53-44)52-42-23-21-32(28-43(42)51-47)30-10-6-12-34(26-30)36-16-8-18-40-38-14-2-4-20-46(38)55-49(36)40;1-3-19-45-37(13-1)39-17-7-15-35(48(39)54-45)33-11-5-9-29(25-33)31-22-24-44-41(27-31)47-50(53-44)52-43-28-32(21-23-42(43)51-47)30-10-6-12-34(26-30)36-16-8-18-40-38-14-2-4-20-46(38)55-49(36)40;1-4-14-29-23(9-1)24-11-6-10-22(31(24)36-29)21-8-5-7-19(17-21)20-15-16-28-25(18-20)30-32(35-28)34-27-13-3-2-12-26(27)33-30/h2*1-28H;1-18H. The zero-order chi connectivity index (χ0) is 95.7. The van der Waals surface area contributed by atoms with Crippen LogP contribution in [0.5, 0.6) is 0 Å². The lowest BCUT2D eigenvalue weighted by Gasteiger charge is -2.08. The van der Waals surface area contributed by atoms with Crippen molar-refractivity contribution >= 4 is 257 Å². The van der Waals surface area contributed by atoms with Crippen LogP contribution < -0.4 is 0 Å². The van der Waals surface area contributed by atoms with Gasteiger partial charge in [0.25, 0.3) is 0 Å². The average Bonchev–Trinajstić information content (AvgIpc) is 1.58. The minimum Gasteiger partial charge on any atom is -0.436 e. The van der Waals surface area contributed by atoms with Crippen molar-refractivity contribution in [2.24, 2.45) is 0 Å². The molecule has 9 nitrogen and oxygen atoms in total. The molecular formula is C132H74N6O3S5. The fraction of sp³-hybridized carbons (Fsp3) is 0. The molecule has 680 valence electrons. The molecule has 0 N–H and O–H groups in total. The van der Waals surface area contributed by atoms with E-state index in [-0.39, 0.29) is 0 Å². The predicted octanol–water partition coefficient (Wildman–Crippen LogP) is 39.1. The molecule has 11 heterocycles. The molecule has 0 fully saturated rings. The molecule has 0 unspecified atom stereocenters. The maximum atomic E-state index is 6.34. The van der Waals surface area contributed by atoms with Gasteiger partial charge in [-0.25, -0.2) is 29.9 Å². The second kappa shape index (κ2) is 33.9. The van der Waals surface area contributed by atoms with Crippen LogP contribution in [0.15, 0.2) is 462 Å². The third-order valence-corrected chi connectivity index (χ3v) is 34.8. The average molecular weight is 1950 g/mol. The van der Waals surface area contributed by atoms with Crippen LogP contribution in [0.3, 0.4) is 0 Å². The van der Waals surface area contributed by atoms with Crippen LogP contribution in [0.4, 0.5) is 0 Å². The lowest BCUT2D eigenvalue weighted by molar-refractivity contribution is 0.654. The van der Waals surface area contributed by atoms with Crippen molar-refractivity contribution < 1.29 is 13.3 Å². The van der Waals surface area contributed by atoms with Crippen LogP contribution in [0.1, 0.15) is 0 Å². The van der Waals surface area contributed by atoms with Crippen molar-refractivity contribution in [3.63, 3.8) is 0 Å². The van der Waals surface area contributed by atoms with E-state index in [0.29, 0.717) is 17.1 Å². The molecule has 0 atom stereocenters. The van der Waals surface area contributed by atoms with E-state index in [1.54, 1.807) is 0 Å². The number of para-hydroxylation sites is 2. The van der Waals surface area contributed by atoms with E-state index in [9.17, 15) is 0 Å². The number of hydrogen-bond acceptors (Lipinski definition) is 14. The molecule has 0 saturated heterocycles. The highest BCUT2D eigenvalue weighted by atomic mass is 32.1. The van der Waals surface area contributed by atoms with Crippen molar-refractivity contribution in [1.82, 2.24) is 29.9 Å². The monoisotopic (exact) mass is 1950 g/mol.